The topological polar surface area (TPSA) is 58.9 Å². The number of carbonyl (C=O) groups excluding carboxylic acids is 1. The maximum absolute atomic E-state index is 10.6. The molecule has 0 saturated heterocycles. The molecular weight excluding hydrogens is 254 g/mol. The number of phenols is 1. The van der Waals surface area contributed by atoms with Crippen molar-refractivity contribution in [3.05, 3.63) is 22.2 Å². The molecule has 96 valence electrons. The molecule has 1 aromatic rings. The van der Waals surface area contributed by atoms with Gasteiger partial charge in [-0.3, -0.25) is 0 Å². The Hall–Kier alpha value is -1.51. The van der Waals surface area contributed by atoms with Crippen LogP contribution in [-0.2, 0) is 10.3 Å². The summed E-state index contributed by atoms with van der Waals surface area (Å²) in [6.07, 6.45) is 3.97. The van der Waals surface area contributed by atoms with Crippen LogP contribution in [0.2, 0.25) is 5.02 Å². The number of halogens is 1. The molecule has 0 aliphatic heterocycles. The van der Waals surface area contributed by atoms with Gasteiger partial charge in [-0.15, -0.1) is 0 Å². The highest BCUT2D eigenvalue weighted by molar-refractivity contribution is 6.31. The highest BCUT2D eigenvalue weighted by atomic mass is 35.5. The molecule has 1 N–H and O–H groups in total. The third-order valence-electron chi connectivity index (χ3n) is 3.59. The fourth-order valence-electron chi connectivity index (χ4n) is 2.45. The first-order valence-corrected chi connectivity index (χ1v) is 6.09. The van der Waals surface area contributed by atoms with Gasteiger partial charge in [0.05, 0.1) is 7.11 Å². The SMILES string of the molecule is COc1cc(Cl)c(C)c(C2(N=C=O)CCC2)c1O. The van der Waals surface area contributed by atoms with E-state index in [2.05, 4.69) is 4.99 Å². The van der Waals surface area contributed by atoms with Crippen LogP contribution in [0.4, 0.5) is 0 Å². The fourth-order valence-corrected chi connectivity index (χ4v) is 2.65. The van der Waals surface area contributed by atoms with E-state index in [1.165, 1.54) is 7.11 Å². The standard InChI is InChI=1S/C13H14ClNO3/c1-8-9(14)6-10(18-2)12(17)11(8)13(15-7-16)4-3-5-13/h6,17H,3-5H2,1-2H3. The third-order valence-corrected chi connectivity index (χ3v) is 3.98. The van der Waals surface area contributed by atoms with Gasteiger partial charge >= 0.3 is 0 Å². The molecule has 1 aliphatic carbocycles. The molecule has 0 radical (unpaired) electrons. The first-order chi connectivity index (χ1) is 8.55. The Morgan fingerprint density at radius 2 is 2.22 bits per heavy atom. The lowest BCUT2D eigenvalue weighted by Gasteiger charge is -2.38. The number of hydrogen-bond acceptors (Lipinski definition) is 4. The largest absolute Gasteiger partial charge is 0.504 e. The summed E-state index contributed by atoms with van der Waals surface area (Å²) in [5.41, 5.74) is 0.629. The molecule has 0 atom stereocenters. The predicted molar refractivity (Wildman–Crippen MR) is 68.1 cm³/mol. The molecule has 1 aliphatic rings. The van der Waals surface area contributed by atoms with Crippen LogP contribution in [0.5, 0.6) is 11.5 Å². The molecule has 18 heavy (non-hydrogen) atoms. The Morgan fingerprint density at radius 1 is 1.56 bits per heavy atom. The van der Waals surface area contributed by atoms with Crippen LogP contribution in [0, 0.1) is 6.92 Å². The van der Waals surface area contributed by atoms with Gasteiger partial charge in [0.1, 0.15) is 5.54 Å². The van der Waals surface area contributed by atoms with Crippen molar-refractivity contribution in [2.75, 3.05) is 7.11 Å². The lowest BCUT2D eigenvalue weighted by molar-refractivity contribution is 0.243. The van der Waals surface area contributed by atoms with Gasteiger partial charge in [-0.2, -0.15) is 4.99 Å². The molecule has 5 heteroatoms. The molecule has 0 amide bonds. The monoisotopic (exact) mass is 267 g/mol. The van der Waals surface area contributed by atoms with Crippen LogP contribution < -0.4 is 4.74 Å². The van der Waals surface area contributed by atoms with Crippen molar-refractivity contribution >= 4 is 17.7 Å². The predicted octanol–water partition coefficient (Wildman–Crippen LogP) is 3.08. The summed E-state index contributed by atoms with van der Waals surface area (Å²) in [6, 6.07) is 1.56. The average molecular weight is 268 g/mol. The summed E-state index contributed by atoms with van der Waals surface area (Å²) in [5.74, 6) is 0.311. The third kappa shape index (κ3) is 1.78. The molecule has 0 aromatic heterocycles. The number of benzene rings is 1. The first kappa shape index (κ1) is 12.9. The summed E-state index contributed by atoms with van der Waals surface area (Å²) in [5, 5.41) is 10.7. The summed E-state index contributed by atoms with van der Waals surface area (Å²) in [7, 11) is 1.46. The minimum Gasteiger partial charge on any atom is -0.504 e. The van der Waals surface area contributed by atoms with E-state index in [0.29, 0.717) is 29.2 Å². The van der Waals surface area contributed by atoms with Crippen molar-refractivity contribution in [2.45, 2.75) is 31.7 Å². The number of aromatic hydroxyl groups is 1. The molecule has 0 heterocycles. The van der Waals surface area contributed by atoms with Crippen LogP contribution in [0.3, 0.4) is 0 Å². The van der Waals surface area contributed by atoms with Gasteiger partial charge < -0.3 is 9.84 Å². The summed E-state index contributed by atoms with van der Waals surface area (Å²) in [6.45, 7) is 1.80. The lowest BCUT2D eigenvalue weighted by Crippen LogP contribution is -2.33. The minimum atomic E-state index is -0.686. The molecular formula is C13H14ClNO3. The Morgan fingerprint density at radius 3 is 2.67 bits per heavy atom. The molecule has 0 spiro atoms. The van der Waals surface area contributed by atoms with E-state index in [4.69, 9.17) is 16.3 Å². The van der Waals surface area contributed by atoms with Crippen molar-refractivity contribution in [1.82, 2.24) is 0 Å². The van der Waals surface area contributed by atoms with E-state index in [1.54, 1.807) is 19.1 Å². The van der Waals surface area contributed by atoms with Crippen LogP contribution in [0.15, 0.2) is 11.1 Å². The van der Waals surface area contributed by atoms with Crippen LogP contribution >= 0.6 is 11.6 Å². The van der Waals surface area contributed by atoms with Crippen molar-refractivity contribution in [2.24, 2.45) is 4.99 Å². The highest BCUT2D eigenvalue weighted by Gasteiger charge is 2.43. The normalized spacial score (nSPS) is 16.6. The van der Waals surface area contributed by atoms with Crippen LogP contribution in [-0.4, -0.2) is 18.3 Å². The number of phenolic OH excluding ortho intramolecular Hbond substituents is 1. The Bertz CT molecular complexity index is 532. The van der Waals surface area contributed by atoms with Crippen molar-refractivity contribution in [3.8, 4) is 11.5 Å². The number of hydrogen-bond donors (Lipinski definition) is 1. The Kier molecular flexibility index (Phi) is 3.33. The number of ether oxygens (including phenoxy) is 1. The van der Waals surface area contributed by atoms with Gasteiger partial charge in [0.25, 0.3) is 0 Å². The van der Waals surface area contributed by atoms with Crippen LogP contribution in [0.25, 0.3) is 0 Å². The van der Waals surface area contributed by atoms with E-state index in [0.717, 1.165) is 12.0 Å². The zero-order valence-corrected chi connectivity index (χ0v) is 11.0. The molecule has 1 saturated carbocycles. The second-order valence-electron chi connectivity index (χ2n) is 4.50. The smallest absolute Gasteiger partial charge is 0.235 e. The molecule has 4 nitrogen and oxygen atoms in total. The maximum atomic E-state index is 10.6. The summed E-state index contributed by atoms with van der Waals surface area (Å²) >= 11 is 6.13. The number of rotatable bonds is 3. The van der Waals surface area contributed by atoms with Crippen molar-refractivity contribution < 1.29 is 14.6 Å². The van der Waals surface area contributed by atoms with Gasteiger partial charge in [-0.1, -0.05) is 11.6 Å². The summed E-state index contributed by atoms with van der Waals surface area (Å²) in [4.78, 5) is 14.5. The number of nitrogens with zero attached hydrogens (tertiary/aromatic N) is 1. The van der Waals surface area contributed by atoms with Crippen LogP contribution in [0.1, 0.15) is 30.4 Å². The Balaban J connectivity index is 2.69. The molecule has 2 rings (SSSR count). The van der Waals surface area contributed by atoms with Crippen molar-refractivity contribution in [1.29, 1.82) is 0 Å². The summed E-state index contributed by atoms with van der Waals surface area (Å²) < 4.78 is 5.09. The maximum Gasteiger partial charge on any atom is 0.235 e. The zero-order valence-electron chi connectivity index (χ0n) is 10.3. The van der Waals surface area contributed by atoms with E-state index < -0.39 is 5.54 Å². The van der Waals surface area contributed by atoms with E-state index >= 15 is 0 Å². The number of methoxy groups -OCH3 is 1. The van der Waals surface area contributed by atoms with Crippen molar-refractivity contribution in [3.63, 3.8) is 0 Å². The molecule has 0 bridgehead atoms. The quantitative estimate of drug-likeness (QED) is 0.676. The van der Waals surface area contributed by atoms with Gasteiger partial charge in [0.15, 0.2) is 11.5 Å². The number of isocyanates is 1. The Labute approximate surface area is 110 Å². The average Bonchev–Trinajstić information content (AvgIpc) is 2.30. The van der Waals surface area contributed by atoms with Gasteiger partial charge in [-0.25, -0.2) is 4.79 Å². The minimum absolute atomic E-state index is 0.0121. The highest BCUT2D eigenvalue weighted by Crippen LogP contribution is 2.52. The second-order valence-corrected chi connectivity index (χ2v) is 4.90. The lowest BCUT2D eigenvalue weighted by atomic mass is 9.70. The zero-order chi connectivity index (χ0) is 13.3. The van der Waals surface area contributed by atoms with Gasteiger partial charge in [0, 0.05) is 16.7 Å². The van der Waals surface area contributed by atoms with E-state index in [9.17, 15) is 9.90 Å². The van der Waals surface area contributed by atoms with E-state index in [1.807, 2.05) is 0 Å². The van der Waals surface area contributed by atoms with Gasteiger partial charge in [0.2, 0.25) is 6.08 Å². The molecule has 1 fully saturated rings. The molecule has 1 aromatic carbocycles. The number of aliphatic imine (C=N–C) groups is 1. The second kappa shape index (κ2) is 4.63. The first-order valence-electron chi connectivity index (χ1n) is 5.71. The van der Waals surface area contributed by atoms with Gasteiger partial charge in [-0.05, 0) is 31.7 Å². The molecule has 0 unspecified atom stereocenters. The van der Waals surface area contributed by atoms with E-state index in [-0.39, 0.29) is 5.75 Å². The fraction of sp³-hybridized carbons (Fsp3) is 0.462.